The van der Waals surface area contributed by atoms with E-state index in [1.807, 2.05) is 0 Å². The Kier molecular flexibility index (Phi) is 4.57. The lowest BCUT2D eigenvalue weighted by atomic mass is 10.1. The number of rotatable bonds is 4. The van der Waals surface area contributed by atoms with E-state index in [-0.39, 0.29) is 16.9 Å². The van der Waals surface area contributed by atoms with Crippen LogP contribution in [0.25, 0.3) is 0 Å². The highest BCUT2D eigenvalue weighted by Crippen LogP contribution is 2.27. The summed E-state index contributed by atoms with van der Waals surface area (Å²) in [5.41, 5.74) is 0.149. The number of carbonyl (C=O) groups is 1. The van der Waals surface area contributed by atoms with Crippen LogP contribution in [0.3, 0.4) is 0 Å². The van der Waals surface area contributed by atoms with Crippen LogP contribution < -0.4 is 16.0 Å². The van der Waals surface area contributed by atoms with E-state index < -0.39 is 10.9 Å². The van der Waals surface area contributed by atoms with Crippen LogP contribution in [0.15, 0.2) is 35.1 Å². The van der Waals surface area contributed by atoms with E-state index in [1.54, 1.807) is 13.1 Å². The van der Waals surface area contributed by atoms with Crippen LogP contribution in [-0.4, -0.2) is 37.6 Å². The Balaban J connectivity index is 2.33. The van der Waals surface area contributed by atoms with Crippen molar-refractivity contribution in [2.24, 2.45) is 4.99 Å². The van der Waals surface area contributed by atoms with Crippen molar-refractivity contribution in [3.8, 4) is 0 Å². The summed E-state index contributed by atoms with van der Waals surface area (Å²) in [6, 6.07) is 4.08. The second-order valence-electron chi connectivity index (χ2n) is 4.30. The lowest BCUT2D eigenvalue weighted by Crippen LogP contribution is -2.40. The number of aliphatic imine (C=N–C) groups is 1. The number of nitro benzene ring substituents is 1. The molecule has 0 atom stereocenters. The van der Waals surface area contributed by atoms with Gasteiger partial charge in [-0.1, -0.05) is 0 Å². The number of carbonyl (C=O) groups excluding carboxylic acids is 1. The largest absolute Gasteiger partial charge is 0.465 e. The van der Waals surface area contributed by atoms with Crippen LogP contribution in [0, 0.1) is 10.1 Å². The summed E-state index contributed by atoms with van der Waals surface area (Å²) in [5, 5.41) is 20.1. The molecule has 1 aliphatic rings. The number of nitrogens with zero attached hydrogens (tertiary/aromatic N) is 2. The maximum atomic E-state index is 11.5. The third-order valence-corrected chi connectivity index (χ3v) is 2.96. The van der Waals surface area contributed by atoms with Crippen molar-refractivity contribution >= 4 is 23.2 Å². The molecule has 1 aliphatic heterocycles. The van der Waals surface area contributed by atoms with Crippen LogP contribution in [-0.2, 0) is 4.74 Å². The van der Waals surface area contributed by atoms with Gasteiger partial charge in [0.2, 0.25) is 0 Å². The van der Waals surface area contributed by atoms with E-state index in [1.165, 1.54) is 25.3 Å². The van der Waals surface area contributed by atoms with Gasteiger partial charge in [0.15, 0.2) is 0 Å². The monoisotopic (exact) mass is 305 g/mol. The fourth-order valence-electron chi connectivity index (χ4n) is 1.87. The summed E-state index contributed by atoms with van der Waals surface area (Å²) in [7, 11) is 2.85. The minimum Gasteiger partial charge on any atom is -0.465 e. The number of benzene rings is 1. The van der Waals surface area contributed by atoms with Crippen molar-refractivity contribution in [1.82, 2.24) is 10.6 Å². The first-order valence-corrected chi connectivity index (χ1v) is 6.35. The minimum absolute atomic E-state index is 0.114. The van der Waals surface area contributed by atoms with Crippen LogP contribution in [0.5, 0.6) is 0 Å². The molecule has 0 saturated heterocycles. The van der Waals surface area contributed by atoms with E-state index in [0.29, 0.717) is 18.3 Å². The number of esters is 1. The summed E-state index contributed by atoms with van der Waals surface area (Å²) in [6.45, 7) is 0.444. The van der Waals surface area contributed by atoms with Crippen LogP contribution in [0.2, 0.25) is 0 Å². The average Bonchev–Trinajstić information content (AvgIpc) is 2.54. The van der Waals surface area contributed by atoms with Crippen LogP contribution >= 0.6 is 0 Å². The molecule has 0 saturated carbocycles. The second kappa shape index (κ2) is 6.57. The quantitative estimate of drug-likeness (QED) is 0.428. The Labute approximate surface area is 126 Å². The number of ether oxygens (including phenoxy) is 1. The lowest BCUT2D eigenvalue weighted by Gasteiger charge is -2.20. The van der Waals surface area contributed by atoms with Crippen molar-refractivity contribution in [3.63, 3.8) is 0 Å². The zero-order valence-corrected chi connectivity index (χ0v) is 12.0. The molecule has 1 aromatic carbocycles. The van der Waals surface area contributed by atoms with E-state index in [4.69, 9.17) is 0 Å². The number of nitro groups is 1. The van der Waals surface area contributed by atoms with Gasteiger partial charge < -0.3 is 20.7 Å². The fourth-order valence-corrected chi connectivity index (χ4v) is 1.87. The molecule has 0 aliphatic carbocycles. The molecule has 22 heavy (non-hydrogen) atoms. The third kappa shape index (κ3) is 3.32. The molecule has 9 nitrogen and oxygen atoms in total. The highest BCUT2D eigenvalue weighted by atomic mass is 16.6. The second-order valence-corrected chi connectivity index (χ2v) is 4.30. The van der Waals surface area contributed by atoms with Crippen molar-refractivity contribution in [1.29, 1.82) is 0 Å². The number of methoxy groups -OCH3 is 1. The number of anilines is 1. The molecule has 116 valence electrons. The molecule has 1 aromatic rings. The molecule has 1 heterocycles. The van der Waals surface area contributed by atoms with E-state index in [2.05, 4.69) is 25.7 Å². The molecule has 9 heteroatoms. The molecule has 0 fully saturated rings. The van der Waals surface area contributed by atoms with Gasteiger partial charge in [0.05, 0.1) is 24.3 Å². The lowest BCUT2D eigenvalue weighted by molar-refractivity contribution is -0.384. The van der Waals surface area contributed by atoms with Crippen molar-refractivity contribution in [2.75, 3.05) is 26.1 Å². The van der Waals surface area contributed by atoms with Crippen molar-refractivity contribution in [3.05, 3.63) is 45.8 Å². The average molecular weight is 305 g/mol. The molecule has 0 amide bonds. The Morgan fingerprint density at radius 3 is 2.86 bits per heavy atom. The summed E-state index contributed by atoms with van der Waals surface area (Å²) in [6.07, 6.45) is 1.68. The zero-order chi connectivity index (χ0) is 16.1. The van der Waals surface area contributed by atoms with Gasteiger partial charge in [-0.15, -0.1) is 0 Å². The smallest absolute Gasteiger partial charge is 0.338 e. The Morgan fingerprint density at radius 1 is 1.45 bits per heavy atom. The molecule has 2 rings (SSSR count). The molecule has 0 aromatic heterocycles. The fraction of sp³-hybridized carbons (Fsp3) is 0.231. The SMILES string of the molecule is CN=C1C=C(Nc2ccc(C(=O)OC)cc2[N+](=O)[O-])NCN1. The number of amidine groups is 1. The van der Waals surface area contributed by atoms with Gasteiger partial charge in [0, 0.05) is 19.2 Å². The van der Waals surface area contributed by atoms with Gasteiger partial charge in [-0.2, -0.15) is 0 Å². The third-order valence-electron chi connectivity index (χ3n) is 2.96. The van der Waals surface area contributed by atoms with Crippen molar-refractivity contribution in [2.45, 2.75) is 0 Å². The number of hydrogen-bond donors (Lipinski definition) is 3. The molecule has 0 unspecified atom stereocenters. The summed E-state index contributed by atoms with van der Waals surface area (Å²) in [4.78, 5) is 26.1. The summed E-state index contributed by atoms with van der Waals surface area (Å²) >= 11 is 0. The van der Waals surface area contributed by atoms with E-state index >= 15 is 0 Å². The van der Waals surface area contributed by atoms with Gasteiger partial charge >= 0.3 is 5.97 Å². The highest BCUT2D eigenvalue weighted by molar-refractivity contribution is 5.95. The molecule has 0 bridgehead atoms. The van der Waals surface area contributed by atoms with Gasteiger partial charge in [-0.3, -0.25) is 15.1 Å². The van der Waals surface area contributed by atoms with E-state index in [0.717, 1.165) is 0 Å². The van der Waals surface area contributed by atoms with Crippen LogP contribution in [0.4, 0.5) is 11.4 Å². The molecule has 0 spiro atoms. The normalized spacial score (nSPS) is 15.4. The maximum absolute atomic E-state index is 11.5. The zero-order valence-electron chi connectivity index (χ0n) is 12.0. The Hall–Kier alpha value is -3.10. The number of nitrogens with one attached hydrogen (secondary N) is 3. The first-order valence-electron chi connectivity index (χ1n) is 6.35. The molecule has 3 N–H and O–H groups in total. The van der Waals surface area contributed by atoms with Gasteiger partial charge in [-0.05, 0) is 12.1 Å². The van der Waals surface area contributed by atoms with Crippen molar-refractivity contribution < 1.29 is 14.5 Å². The highest BCUT2D eigenvalue weighted by Gasteiger charge is 2.19. The van der Waals surface area contributed by atoms with E-state index in [9.17, 15) is 14.9 Å². The standard InChI is InChI=1S/C13H15N5O4/c1-14-11-6-12(16-7-15-11)17-9-4-3-8(13(19)22-2)5-10(9)18(20)21/h3-6,16-17H,7H2,1-2H3,(H,14,15). The predicted molar refractivity (Wildman–Crippen MR) is 80.6 cm³/mol. The predicted octanol–water partition coefficient (Wildman–Crippen LogP) is 0.813. The summed E-state index contributed by atoms with van der Waals surface area (Å²) in [5.74, 6) is 0.581. The first kappa shape index (κ1) is 15.3. The minimum atomic E-state index is -0.630. The van der Waals surface area contributed by atoms with Gasteiger partial charge in [0.25, 0.3) is 5.69 Å². The molecular weight excluding hydrogens is 290 g/mol. The van der Waals surface area contributed by atoms with Gasteiger partial charge in [-0.25, -0.2) is 4.79 Å². The molecular formula is C13H15N5O4. The Bertz CT molecular complexity index is 668. The maximum Gasteiger partial charge on any atom is 0.338 e. The molecule has 0 radical (unpaired) electrons. The Morgan fingerprint density at radius 2 is 2.23 bits per heavy atom. The topological polar surface area (TPSA) is 118 Å². The number of hydrogen-bond acceptors (Lipinski definition) is 7. The first-order chi connectivity index (χ1) is 10.5. The van der Waals surface area contributed by atoms with Crippen LogP contribution in [0.1, 0.15) is 10.4 Å². The van der Waals surface area contributed by atoms with Gasteiger partial charge in [0.1, 0.15) is 17.3 Å². The summed E-state index contributed by atoms with van der Waals surface area (Å²) < 4.78 is 4.56.